The topological polar surface area (TPSA) is 29.0 Å². The molecule has 3 nitrogen and oxygen atoms in total. The number of thioether (sulfide) groups is 1. The van der Waals surface area contributed by atoms with E-state index in [4.69, 9.17) is 0 Å². The van der Waals surface area contributed by atoms with Crippen molar-refractivity contribution in [3.8, 4) is 10.4 Å². The highest BCUT2D eigenvalue weighted by Gasteiger charge is 2.16. The first-order chi connectivity index (χ1) is 10.9. The standard InChI is InChI=1S/C17H17N3S2/c1-2-5-13(6-3-1)15-11-14-16(18-12-19-17(14)22-15)20-7-4-9-21-10-8-20/h1-3,5-6,11-12H,4,7-10H2. The minimum Gasteiger partial charge on any atom is -0.355 e. The van der Waals surface area contributed by atoms with Crippen molar-refractivity contribution in [2.45, 2.75) is 6.42 Å². The average molecular weight is 327 g/mol. The summed E-state index contributed by atoms with van der Waals surface area (Å²) in [6.45, 7) is 2.17. The maximum atomic E-state index is 4.59. The molecule has 4 rings (SSSR count). The van der Waals surface area contributed by atoms with Gasteiger partial charge in [0.25, 0.3) is 0 Å². The van der Waals surface area contributed by atoms with Crippen molar-refractivity contribution in [3.63, 3.8) is 0 Å². The van der Waals surface area contributed by atoms with Crippen LogP contribution in [-0.2, 0) is 0 Å². The molecule has 0 saturated carbocycles. The molecule has 0 unspecified atom stereocenters. The molecule has 0 N–H and O–H groups in total. The van der Waals surface area contributed by atoms with E-state index in [1.165, 1.54) is 33.8 Å². The molecule has 0 amide bonds. The van der Waals surface area contributed by atoms with Crippen molar-refractivity contribution in [1.29, 1.82) is 0 Å². The molecule has 3 heterocycles. The van der Waals surface area contributed by atoms with E-state index < -0.39 is 0 Å². The Hall–Kier alpha value is -1.59. The van der Waals surface area contributed by atoms with Gasteiger partial charge in [-0.1, -0.05) is 30.3 Å². The number of aromatic nitrogens is 2. The number of thiophene rings is 1. The summed E-state index contributed by atoms with van der Waals surface area (Å²) in [5, 5.41) is 1.19. The lowest BCUT2D eigenvalue weighted by Crippen LogP contribution is -2.26. The Morgan fingerprint density at radius 1 is 1.00 bits per heavy atom. The van der Waals surface area contributed by atoms with Gasteiger partial charge in [0.2, 0.25) is 0 Å². The maximum Gasteiger partial charge on any atom is 0.140 e. The highest BCUT2D eigenvalue weighted by atomic mass is 32.2. The van der Waals surface area contributed by atoms with Crippen LogP contribution < -0.4 is 4.90 Å². The van der Waals surface area contributed by atoms with Crippen LogP contribution in [0.2, 0.25) is 0 Å². The zero-order valence-corrected chi connectivity index (χ0v) is 13.9. The quantitative estimate of drug-likeness (QED) is 0.702. The van der Waals surface area contributed by atoms with Crippen LogP contribution in [0.25, 0.3) is 20.7 Å². The lowest BCUT2D eigenvalue weighted by molar-refractivity contribution is 0.804. The molecule has 112 valence electrons. The second-order valence-corrected chi connectivity index (χ2v) is 7.60. The van der Waals surface area contributed by atoms with E-state index in [2.05, 4.69) is 51.3 Å². The van der Waals surface area contributed by atoms with Gasteiger partial charge in [0.1, 0.15) is 17.0 Å². The van der Waals surface area contributed by atoms with Crippen molar-refractivity contribution in [1.82, 2.24) is 9.97 Å². The zero-order valence-electron chi connectivity index (χ0n) is 12.2. The van der Waals surface area contributed by atoms with Gasteiger partial charge in [0.15, 0.2) is 0 Å². The second-order valence-electron chi connectivity index (χ2n) is 5.35. The number of hydrogen-bond donors (Lipinski definition) is 0. The van der Waals surface area contributed by atoms with Gasteiger partial charge in [-0.25, -0.2) is 9.97 Å². The molecule has 0 spiro atoms. The summed E-state index contributed by atoms with van der Waals surface area (Å²) >= 11 is 3.79. The van der Waals surface area contributed by atoms with E-state index in [0.717, 1.165) is 23.7 Å². The molecular weight excluding hydrogens is 310 g/mol. The maximum absolute atomic E-state index is 4.59. The molecule has 3 aromatic rings. The second kappa shape index (κ2) is 6.26. The predicted molar refractivity (Wildman–Crippen MR) is 97.0 cm³/mol. The number of rotatable bonds is 2. The van der Waals surface area contributed by atoms with E-state index in [9.17, 15) is 0 Å². The normalized spacial score (nSPS) is 15.9. The highest BCUT2D eigenvalue weighted by Crippen LogP contribution is 2.36. The summed E-state index contributed by atoms with van der Waals surface area (Å²) in [7, 11) is 0. The van der Waals surface area contributed by atoms with Crippen LogP contribution in [0.1, 0.15) is 6.42 Å². The summed E-state index contributed by atoms with van der Waals surface area (Å²) in [6.07, 6.45) is 2.94. The Kier molecular flexibility index (Phi) is 3.99. The molecule has 0 bridgehead atoms. The van der Waals surface area contributed by atoms with E-state index in [1.54, 1.807) is 17.7 Å². The van der Waals surface area contributed by atoms with Gasteiger partial charge in [0.05, 0.1) is 5.39 Å². The van der Waals surface area contributed by atoms with Gasteiger partial charge in [0, 0.05) is 23.7 Å². The number of fused-ring (bicyclic) bond motifs is 1. The Morgan fingerprint density at radius 2 is 1.91 bits per heavy atom. The molecule has 22 heavy (non-hydrogen) atoms. The van der Waals surface area contributed by atoms with Crippen molar-refractivity contribution >= 4 is 39.1 Å². The fourth-order valence-electron chi connectivity index (χ4n) is 2.80. The minimum atomic E-state index is 1.08. The molecule has 0 atom stereocenters. The van der Waals surface area contributed by atoms with Crippen LogP contribution in [0.15, 0.2) is 42.7 Å². The Balaban J connectivity index is 1.78. The summed E-state index contributed by atoms with van der Waals surface area (Å²) in [6, 6.07) is 12.8. The lowest BCUT2D eigenvalue weighted by atomic mass is 10.2. The van der Waals surface area contributed by atoms with E-state index >= 15 is 0 Å². The van der Waals surface area contributed by atoms with Gasteiger partial charge in [-0.05, 0) is 23.8 Å². The van der Waals surface area contributed by atoms with Gasteiger partial charge < -0.3 is 4.90 Å². The summed E-state index contributed by atoms with van der Waals surface area (Å²) in [5.74, 6) is 3.54. The zero-order chi connectivity index (χ0) is 14.8. The van der Waals surface area contributed by atoms with Crippen LogP contribution in [-0.4, -0.2) is 34.6 Å². The third-order valence-electron chi connectivity index (χ3n) is 3.89. The first kappa shape index (κ1) is 14.0. The number of nitrogens with zero attached hydrogens (tertiary/aromatic N) is 3. The molecule has 0 radical (unpaired) electrons. The fourth-order valence-corrected chi connectivity index (χ4v) is 4.68. The van der Waals surface area contributed by atoms with Crippen LogP contribution in [0.4, 0.5) is 5.82 Å². The van der Waals surface area contributed by atoms with Crippen molar-refractivity contribution in [3.05, 3.63) is 42.7 Å². The monoisotopic (exact) mass is 327 g/mol. The first-order valence-electron chi connectivity index (χ1n) is 7.54. The van der Waals surface area contributed by atoms with E-state index in [0.29, 0.717) is 0 Å². The van der Waals surface area contributed by atoms with Crippen LogP contribution in [0, 0.1) is 0 Å². The van der Waals surface area contributed by atoms with E-state index in [-0.39, 0.29) is 0 Å². The summed E-state index contributed by atoms with van der Waals surface area (Å²) in [5.41, 5.74) is 1.25. The van der Waals surface area contributed by atoms with Crippen molar-refractivity contribution in [2.24, 2.45) is 0 Å². The SMILES string of the molecule is c1ccc(-c2cc3c(N4CCCSCC4)ncnc3s2)cc1. The predicted octanol–water partition coefficient (Wildman–Crippen LogP) is 4.30. The third kappa shape index (κ3) is 2.71. The molecule has 1 aliphatic rings. The van der Waals surface area contributed by atoms with Gasteiger partial charge >= 0.3 is 0 Å². The highest BCUT2D eigenvalue weighted by molar-refractivity contribution is 7.99. The molecule has 2 aromatic heterocycles. The molecule has 1 aromatic carbocycles. The molecule has 1 fully saturated rings. The summed E-state index contributed by atoms with van der Waals surface area (Å²) < 4.78 is 0. The van der Waals surface area contributed by atoms with E-state index in [1.807, 2.05) is 11.8 Å². The number of hydrogen-bond acceptors (Lipinski definition) is 5. The fraction of sp³-hybridized carbons (Fsp3) is 0.294. The average Bonchev–Trinajstić information content (AvgIpc) is 2.83. The van der Waals surface area contributed by atoms with Crippen LogP contribution in [0.5, 0.6) is 0 Å². The first-order valence-corrected chi connectivity index (χ1v) is 9.51. The Morgan fingerprint density at radius 3 is 2.82 bits per heavy atom. The third-order valence-corrected chi connectivity index (χ3v) is 6.03. The van der Waals surface area contributed by atoms with Crippen molar-refractivity contribution < 1.29 is 0 Å². The smallest absolute Gasteiger partial charge is 0.140 e. The van der Waals surface area contributed by atoms with Gasteiger partial charge in [-0.2, -0.15) is 11.8 Å². The molecule has 5 heteroatoms. The molecular formula is C17H17N3S2. The lowest BCUT2D eigenvalue weighted by Gasteiger charge is -2.21. The van der Waals surface area contributed by atoms with Gasteiger partial charge in [-0.15, -0.1) is 11.3 Å². The van der Waals surface area contributed by atoms with Crippen molar-refractivity contribution in [2.75, 3.05) is 29.5 Å². The molecule has 1 saturated heterocycles. The number of anilines is 1. The van der Waals surface area contributed by atoms with Crippen LogP contribution >= 0.6 is 23.1 Å². The largest absolute Gasteiger partial charge is 0.355 e. The molecule has 0 aliphatic carbocycles. The number of benzene rings is 1. The summed E-state index contributed by atoms with van der Waals surface area (Å²) in [4.78, 5) is 13.8. The van der Waals surface area contributed by atoms with Gasteiger partial charge in [-0.3, -0.25) is 0 Å². The van der Waals surface area contributed by atoms with Crippen LogP contribution in [0.3, 0.4) is 0 Å². The Bertz CT molecular complexity index is 762. The Labute approximate surface area is 138 Å². The minimum absolute atomic E-state index is 1.08. The molecule has 1 aliphatic heterocycles.